The third-order valence-corrected chi connectivity index (χ3v) is 5.64. The van der Waals surface area contributed by atoms with Crippen LogP contribution < -0.4 is 0 Å². The molecule has 0 aliphatic carbocycles. The Morgan fingerprint density at radius 3 is 1.93 bits per heavy atom. The van der Waals surface area contributed by atoms with Gasteiger partial charge in [0.2, 0.25) is 0 Å². The molecule has 1 heterocycles. The molecule has 1 aliphatic heterocycles. The van der Waals surface area contributed by atoms with Gasteiger partial charge in [-0.3, -0.25) is 9.59 Å². The zero-order valence-corrected chi connectivity index (χ0v) is 16.7. The number of piperidine rings is 1. The number of nitrogens with zero attached hydrogens (tertiary/aromatic N) is 1. The summed E-state index contributed by atoms with van der Waals surface area (Å²) in [6.07, 6.45) is 3.10. The van der Waals surface area contributed by atoms with E-state index in [9.17, 15) is 9.59 Å². The lowest BCUT2D eigenvalue weighted by molar-refractivity contribution is 0.0837. The van der Waals surface area contributed by atoms with Crippen molar-refractivity contribution in [1.82, 2.24) is 4.90 Å². The summed E-state index contributed by atoms with van der Waals surface area (Å²) in [7, 11) is 0. The Kier molecular flexibility index (Phi) is 7.06. The average molecular weight is 404 g/mol. The number of ketones is 2. The van der Waals surface area contributed by atoms with Gasteiger partial charge in [0.15, 0.2) is 11.6 Å². The number of Topliss-reactive ketones (excluding diaryl/α,β-unsaturated/α-hetero) is 2. The highest BCUT2D eigenvalue weighted by molar-refractivity contribution is 6.31. The highest BCUT2D eigenvalue weighted by atomic mass is 35.5. The van der Waals surface area contributed by atoms with Gasteiger partial charge in [-0.15, -0.1) is 0 Å². The van der Waals surface area contributed by atoms with Crippen LogP contribution in [0.3, 0.4) is 0 Å². The first-order valence-electron chi connectivity index (χ1n) is 9.34. The molecule has 3 rings (SSSR count). The summed E-state index contributed by atoms with van der Waals surface area (Å²) >= 11 is 11.7. The van der Waals surface area contributed by atoms with Crippen molar-refractivity contribution < 1.29 is 9.59 Å². The Hall–Kier alpha value is -1.68. The van der Waals surface area contributed by atoms with Crippen molar-refractivity contribution in [2.75, 3.05) is 19.6 Å². The fourth-order valence-electron chi connectivity index (χ4n) is 3.51. The van der Waals surface area contributed by atoms with Crippen molar-refractivity contribution >= 4 is 34.8 Å². The van der Waals surface area contributed by atoms with Crippen molar-refractivity contribution in [3.8, 4) is 0 Å². The number of carbonyl (C=O) groups is 2. The van der Waals surface area contributed by atoms with E-state index in [1.165, 1.54) is 0 Å². The van der Waals surface area contributed by atoms with Crippen LogP contribution in [0.15, 0.2) is 48.5 Å². The predicted octanol–water partition coefficient (Wildman–Crippen LogP) is 5.55. The lowest BCUT2D eigenvalue weighted by Crippen LogP contribution is -2.37. The molecule has 0 saturated carbocycles. The Labute approximate surface area is 170 Å². The SMILES string of the molecule is O=C(CCCN1CCC(C(=O)c2ccc(Cl)cc2)CC1)c1ccc(Cl)cc1. The molecular weight excluding hydrogens is 381 g/mol. The van der Waals surface area contributed by atoms with Gasteiger partial charge in [-0.05, 0) is 87.4 Å². The molecule has 0 N–H and O–H groups in total. The van der Waals surface area contributed by atoms with Gasteiger partial charge < -0.3 is 4.90 Å². The molecule has 2 aromatic rings. The topological polar surface area (TPSA) is 37.4 Å². The molecule has 0 spiro atoms. The number of hydrogen-bond donors (Lipinski definition) is 0. The largest absolute Gasteiger partial charge is 0.303 e. The van der Waals surface area contributed by atoms with Gasteiger partial charge in [0.1, 0.15) is 0 Å². The van der Waals surface area contributed by atoms with E-state index < -0.39 is 0 Å². The molecule has 142 valence electrons. The number of likely N-dealkylation sites (tertiary alicyclic amines) is 1. The van der Waals surface area contributed by atoms with Crippen molar-refractivity contribution in [2.45, 2.75) is 25.7 Å². The van der Waals surface area contributed by atoms with Gasteiger partial charge in [0.05, 0.1) is 0 Å². The Morgan fingerprint density at radius 2 is 1.37 bits per heavy atom. The first-order valence-corrected chi connectivity index (χ1v) is 10.1. The Bertz CT molecular complexity index is 776. The van der Waals surface area contributed by atoms with Gasteiger partial charge in [0.25, 0.3) is 0 Å². The minimum Gasteiger partial charge on any atom is -0.303 e. The lowest BCUT2D eigenvalue weighted by Gasteiger charge is -2.31. The highest BCUT2D eigenvalue weighted by Crippen LogP contribution is 2.23. The second-order valence-electron chi connectivity index (χ2n) is 7.02. The summed E-state index contributed by atoms with van der Waals surface area (Å²) in [5.74, 6) is 0.446. The third kappa shape index (κ3) is 5.65. The van der Waals surface area contributed by atoms with E-state index in [1.807, 2.05) is 0 Å². The fourth-order valence-corrected chi connectivity index (χ4v) is 3.76. The van der Waals surface area contributed by atoms with Crippen LogP contribution in [0.2, 0.25) is 10.0 Å². The second kappa shape index (κ2) is 9.50. The number of rotatable bonds is 7. The molecule has 0 atom stereocenters. The van der Waals surface area contributed by atoms with Gasteiger partial charge >= 0.3 is 0 Å². The summed E-state index contributed by atoms with van der Waals surface area (Å²) in [4.78, 5) is 27.1. The first kappa shape index (κ1) is 20.1. The van der Waals surface area contributed by atoms with E-state index in [2.05, 4.69) is 4.90 Å². The summed E-state index contributed by atoms with van der Waals surface area (Å²) < 4.78 is 0. The van der Waals surface area contributed by atoms with E-state index in [1.54, 1.807) is 48.5 Å². The van der Waals surface area contributed by atoms with Crippen LogP contribution in [0, 0.1) is 5.92 Å². The Morgan fingerprint density at radius 1 is 0.852 bits per heavy atom. The molecule has 5 heteroatoms. The summed E-state index contributed by atoms with van der Waals surface area (Å²) in [6.45, 7) is 2.69. The van der Waals surface area contributed by atoms with Gasteiger partial charge in [-0.25, -0.2) is 0 Å². The summed E-state index contributed by atoms with van der Waals surface area (Å²) in [6, 6.07) is 14.2. The minimum atomic E-state index is 0.0816. The molecule has 27 heavy (non-hydrogen) atoms. The standard InChI is InChI=1S/C22H23Cl2NO2/c23-19-7-3-16(4-8-19)21(26)2-1-13-25-14-11-18(12-15-25)22(27)17-5-9-20(24)10-6-17/h3-10,18H,1-2,11-15H2. The molecule has 0 bridgehead atoms. The smallest absolute Gasteiger partial charge is 0.166 e. The summed E-state index contributed by atoms with van der Waals surface area (Å²) in [5.41, 5.74) is 1.46. The molecule has 1 aliphatic rings. The third-order valence-electron chi connectivity index (χ3n) is 5.13. The van der Waals surface area contributed by atoms with Gasteiger partial charge in [-0.2, -0.15) is 0 Å². The maximum atomic E-state index is 12.6. The van der Waals surface area contributed by atoms with Crippen molar-refractivity contribution in [3.63, 3.8) is 0 Å². The Balaban J connectivity index is 1.40. The first-order chi connectivity index (χ1) is 13.0. The van der Waals surface area contributed by atoms with Gasteiger partial charge in [-0.1, -0.05) is 23.2 Å². The maximum Gasteiger partial charge on any atom is 0.166 e. The maximum absolute atomic E-state index is 12.6. The van der Waals surface area contributed by atoms with Crippen molar-refractivity contribution in [1.29, 1.82) is 0 Å². The quantitative estimate of drug-likeness (QED) is 0.568. The van der Waals surface area contributed by atoms with Crippen LogP contribution in [0.4, 0.5) is 0 Å². The predicted molar refractivity (Wildman–Crippen MR) is 110 cm³/mol. The summed E-state index contributed by atoms with van der Waals surface area (Å²) in [5, 5.41) is 1.29. The van der Waals surface area contributed by atoms with E-state index in [0.717, 1.165) is 44.5 Å². The molecule has 0 aromatic heterocycles. The number of carbonyl (C=O) groups excluding carboxylic acids is 2. The average Bonchev–Trinajstić information content (AvgIpc) is 2.69. The van der Waals surface area contributed by atoms with Crippen LogP contribution >= 0.6 is 23.2 Å². The van der Waals surface area contributed by atoms with Crippen molar-refractivity contribution in [2.24, 2.45) is 5.92 Å². The fraction of sp³-hybridized carbons (Fsp3) is 0.364. The molecule has 0 radical (unpaired) electrons. The normalized spacial score (nSPS) is 15.6. The molecule has 0 amide bonds. The van der Waals surface area contributed by atoms with Crippen LogP contribution in [0.5, 0.6) is 0 Å². The molecule has 1 saturated heterocycles. The van der Waals surface area contributed by atoms with Gasteiger partial charge in [0, 0.05) is 33.5 Å². The molecule has 1 fully saturated rings. The van der Waals surface area contributed by atoms with Crippen molar-refractivity contribution in [3.05, 3.63) is 69.7 Å². The zero-order chi connectivity index (χ0) is 19.2. The van der Waals surface area contributed by atoms with E-state index in [-0.39, 0.29) is 17.5 Å². The van der Waals surface area contributed by atoms with Crippen LogP contribution in [-0.2, 0) is 0 Å². The van der Waals surface area contributed by atoms with Crippen LogP contribution in [-0.4, -0.2) is 36.1 Å². The van der Waals surface area contributed by atoms with E-state index in [4.69, 9.17) is 23.2 Å². The molecule has 3 nitrogen and oxygen atoms in total. The van der Waals surface area contributed by atoms with Crippen LogP contribution in [0.1, 0.15) is 46.4 Å². The van der Waals surface area contributed by atoms with E-state index >= 15 is 0 Å². The van der Waals surface area contributed by atoms with E-state index in [0.29, 0.717) is 22.0 Å². The lowest BCUT2D eigenvalue weighted by atomic mass is 9.89. The second-order valence-corrected chi connectivity index (χ2v) is 7.89. The van der Waals surface area contributed by atoms with Crippen LogP contribution in [0.25, 0.3) is 0 Å². The molecule has 0 unspecified atom stereocenters. The minimum absolute atomic E-state index is 0.0816. The molecule has 2 aromatic carbocycles. The number of benzene rings is 2. The zero-order valence-electron chi connectivity index (χ0n) is 15.2. The number of hydrogen-bond acceptors (Lipinski definition) is 3. The monoisotopic (exact) mass is 403 g/mol. The highest BCUT2D eigenvalue weighted by Gasteiger charge is 2.25. The number of halogens is 2. The molecular formula is C22H23Cl2NO2.